The molecule has 4 rings (SSSR count). The van der Waals surface area contributed by atoms with Crippen molar-refractivity contribution in [1.29, 1.82) is 0 Å². The minimum atomic E-state index is -4.73. The van der Waals surface area contributed by atoms with Gasteiger partial charge in [-0.3, -0.25) is 9.11 Å². The van der Waals surface area contributed by atoms with Gasteiger partial charge in [-0.25, -0.2) is 0 Å². The van der Waals surface area contributed by atoms with Gasteiger partial charge in [0, 0.05) is 16.2 Å². The first kappa shape index (κ1) is 20.9. The van der Waals surface area contributed by atoms with Gasteiger partial charge in [-0.15, -0.1) is 10.2 Å². The van der Waals surface area contributed by atoms with Crippen molar-refractivity contribution >= 4 is 53.2 Å². The smallest absolute Gasteiger partial charge is 0.298 e. The molecule has 0 fully saturated rings. The molecule has 0 radical (unpaired) electrons. The Balaban J connectivity index is 1.97. The van der Waals surface area contributed by atoms with Crippen LogP contribution in [0.15, 0.2) is 86.7 Å². The van der Waals surface area contributed by atoms with Crippen molar-refractivity contribution in [2.75, 3.05) is 0 Å². The summed E-state index contributed by atoms with van der Waals surface area (Å²) in [6.07, 6.45) is 0. The van der Waals surface area contributed by atoms with Gasteiger partial charge in [-0.2, -0.15) is 16.8 Å². The third-order valence-corrected chi connectivity index (χ3v) is 6.41. The van der Waals surface area contributed by atoms with Crippen LogP contribution in [0.25, 0.3) is 21.5 Å². The van der Waals surface area contributed by atoms with Crippen molar-refractivity contribution < 1.29 is 31.0 Å². The fourth-order valence-electron chi connectivity index (χ4n) is 3.26. The van der Waals surface area contributed by atoms with Crippen LogP contribution in [0, 0.1) is 0 Å². The Morgan fingerprint density at radius 1 is 0.645 bits per heavy atom. The average molecular weight is 458 g/mol. The molecule has 0 spiro atoms. The average Bonchev–Trinajstić information content (AvgIpc) is 2.71. The molecular weight excluding hydrogens is 444 g/mol. The Morgan fingerprint density at radius 3 is 1.87 bits per heavy atom. The van der Waals surface area contributed by atoms with Crippen LogP contribution in [0.5, 0.6) is 5.75 Å². The van der Waals surface area contributed by atoms with Crippen molar-refractivity contribution in [3.8, 4) is 5.75 Å². The summed E-state index contributed by atoms with van der Waals surface area (Å²) in [6.45, 7) is 0. The second kappa shape index (κ2) is 7.39. The number of nitrogens with zero attached hydrogens (tertiary/aromatic N) is 2. The molecule has 0 aromatic heterocycles. The molecule has 0 unspecified atom stereocenters. The van der Waals surface area contributed by atoms with E-state index in [0.717, 1.165) is 6.07 Å². The summed E-state index contributed by atoms with van der Waals surface area (Å²) in [5.74, 6) is -0.774. The van der Waals surface area contributed by atoms with Gasteiger partial charge in [0.05, 0.1) is 5.69 Å². The van der Waals surface area contributed by atoms with Gasteiger partial charge in [-0.1, -0.05) is 48.5 Å². The second-order valence-corrected chi connectivity index (χ2v) is 9.35. The molecule has 0 aliphatic carbocycles. The van der Waals surface area contributed by atoms with E-state index < -0.39 is 30.9 Å². The zero-order chi connectivity index (χ0) is 22.4. The molecule has 3 N–H and O–H groups in total. The number of rotatable bonds is 4. The van der Waals surface area contributed by atoms with Crippen molar-refractivity contribution in [3.05, 3.63) is 66.7 Å². The highest BCUT2D eigenvalue weighted by atomic mass is 32.2. The largest absolute Gasteiger partial charge is 0.504 e. The SMILES string of the molecule is O=S(=O)(O)c1cc2ccccc2c(/N=N/c2ccc(S(=O)(=O)O)c3ccccc23)c1O. The molecule has 0 amide bonds. The first-order valence-electron chi connectivity index (χ1n) is 8.70. The van der Waals surface area contributed by atoms with E-state index in [1.165, 1.54) is 18.2 Å². The van der Waals surface area contributed by atoms with E-state index in [1.54, 1.807) is 42.5 Å². The minimum Gasteiger partial charge on any atom is -0.504 e. The molecule has 9 nitrogen and oxygen atoms in total. The fourth-order valence-corrected chi connectivity index (χ4v) is 4.57. The molecular formula is C20H14N2O7S2. The molecule has 11 heteroatoms. The Bertz CT molecular complexity index is 1600. The number of phenols is 1. The molecule has 0 aliphatic rings. The quantitative estimate of drug-likeness (QED) is 0.298. The lowest BCUT2D eigenvalue weighted by Crippen LogP contribution is -1.99. The van der Waals surface area contributed by atoms with Crippen LogP contribution >= 0.6 is 0 Å². The summed E-state index contributed by atoms with van der Waals surface area (Å²) in [5.41, 5.74) is 0.0254. The number of aromatic hydroxyl groups is 1. The maximum absolute atomic E-state index is 11.7. The van der Waals surface area contributed by atoms with Gasteiger partial charge in [0.2, 0.25) is 0 Å². The van der Waals surface area contributed by atoms with Crippen molar-refractivity contribution in [2.45, 2.75) is 9.79 Å². The highest BCUT2D eigenvalue weighted by Gasteiger charge is 2.21. The summed E-state index contributed by atoms with van der Waals surface area (Å²) in [7, 11) is -9.21. The van der Waals surface area contributed by atoms with Crippen LogP contribution < -0.4 is 0 Å². The Morgan fingerprint density at radius 2 is 1.23 bits per heavy atom. The van der Waals surface area contributed by atoms with E-state index >= 15 is 0 Å². The highest BCUT2D eigenvalue weighted by Crippen LogP contribution is 2.42. The number of phenolic OH excluding ortho intramolecular Hbond substituents is 1. The molecule has 0 saturated carbocycles. The topological polar surface area (TPSA) is 154 Å². The van der Waals surface area contributed by atoms with E-state index in [9.17, 15) is 31.0 Å². The van der Waals surface area contributed by atoms with Crippen LogP contribution in [0.3, 0.4) is 0 Å². The highest BCUT2D eigenvalue weighted by molar-refractivity contribution is 7.86. The van der Waals surface area contributed by atoms with Crippen molar-refractivity contribution in [2.24, 2.45) is 10.2 Å². The Hall–Kier alpha value is -3.38. The number of azo groups is 1. The first-order chi connectivity index (χ1) is 14.6. The first-order valence-corrected chi connectivity index (χ1v) is 11.6. The van der Waals surface area contributed by atoms with Crippen molar-refractivity contribution in [1.82, 2.24) is 0 Å². The van der Waals surface area contributed by atoms with E-state index in [2.05, 4.69) is 10.2 Å². The molecule has 0 atom stereocenters. The maximum Gasteiger partial charge on any atom is 0.298 e. The molecule has 31 heavy (non-hydrogen) atoms. The predicted octanol–water partition coefficient (Wildman–Crippen LogP) is 4.61. The fraction of sp³-hybridized carbons (Fsp3) is 0. The molecule has 0 saturated heterocycles. The molecule has 158 valence electrons. The van der Waals surface area contributed by atoms with Gasteiger partial charge in [0.15, 0.2) is 5.75 Å². The molecule has 0 bridgehead atoms. The van der Waals surface area contributed by atoms with Crippen LogP contribution in [-0.4, -0.2) is 31.0 Å². The predicted molar refractivity (Wildman–Crippen MR) is 113 cm³/mol. The summed E-state index contributed by atoms with van der Waals surface area (Å²) in [6, 6.07) is 16.4. The number of benzene rings is 4. The summed E-state index contributed by atoms with van der Waals surface area (Å²) >= 11 is 0. The maximum atomic E-state index is 11.7. The monoisotopic (exact) mass is 458 g/mol. The van der Waals surface area contributed by atoms with Crippen molar-refractivity contribution in [3.63, 3.8) is 0 Å². The number of hydrogen-bond acceptors (Lipinski definition) is 7. The zero-order valence-corrected chi connectivity index (χ0v) is 17.2. The second-order valence-electron chi connectivity index (χ2n) is 6.57. The van der Waals surface area contributed by atoms with Crippen LogP contribution in [-0.2, 0) is 20.2 Å². The third kappa shape index (κ3) is 3.86. The molecule has 4 aromatic carbocycles. The van der Waals surface area contributed by atoms with Crippen LogP contribution in [0.1, 0.15) is 0 Å². The Kier molecular flexibility index (Phi) is 4.98. The summed E-state index contributed by atoms with van der Waals surface area (Å²) < 4.78 is 65.5. The number of fused-ring (bicyclic) bond motifs is 2. The molecule has 4 aromatic rings. The van der Waals surface area contributed by atoms with E-state index in [4.69, 9.17) is 0 Å². The summed E-state index contributed by atoms with van der Waals surface area (Å²) in [4.78, 5) is -1.02. The van der Waals surface area contributed by atoms with Gasteiger partial charge < -0.3 is 5.11 Å². The van der Waals surface area contributed by atoms with Gasteiger partial charge in [-0.05, 0) is 23.6 Å². The van der Waals surface area contributed by atoms with Gasteiger partial charge in [0.25, 0.3) is 20.2 Å². The normalized spacial score (nSPS) is 12.7. The number of hydrogen-bond donors (Lipinski definition) is 3. The minimum absolute atomic E-state index is 0.186. The van der Waals surface area contributed by atoms with Crippen LogP contribution in [0.4, 0.5) is 11.4 Å². The molecule has 0 heterocycles. The third-order valence-electron chi connectivity index (χ3n) is 4.63. The lowest BCUT2D eigenvalue weighted by molar-refractivity contribution is 0.445. The standard InChI is InChI=1S/C20H14N2O7S2/c23-20-18(31(27,28)29)11-12-5-1-2-6-13(12)19(20)22-21-16-9-10-17(30(24,25)26)15-8-4-3-7-14(15)16/h1-11,23H,(H,24,25,26)(H,27,28,29)/b22-21+. The van der Waals surface area contributed by atoms with Gasteiger partial charge in [0.1, 0.15) is 15.5 Å². The van der Waals surface area contributed by atoms with E-state index in [0.29, 0.717) is 16.2 Å². The van der Waals surface area contributed by atoms with Crippen LogP contribution in [0.2, 0.25) is 0 Å². The molecule has 0 aliphatic heterocycles. The lowest BCUT2D eigenvalue weighted by atomic mass is 10.1. The summed E-state index contributed by atoms with van der Waals surface area (Å²) in [5, 5.41) is 19.9. The van der Waals surface area contributed by atoms with E-state index in [1.807, 2.05) is 0 Å². The van der Waals surface area contributed by atoms with E-state index in [-0.39, 0.29) is 21.7 Å². The zero-order valence-electron chi connectivity index (χ0n) is 15.5. The Labute approximate surface area is 176 Å². The van der Waals surface area contributed by atoms with Gasteiger partial charge >= 0.3 is 0 Å². The lowest BCUT2D eigenvalue weighted by Gasteiger charge is -2.09.